The van der Waals surface area contributed by atoms with Crippen molar-refractivity contribution in [1.29, 1.82) is 0 Å². The maximum atomic E-state index is 5.94. The smallest absolute Gasteiger partial charge is 0.182 e. The summed E-state index contributed by atoms with van der Waals surface area (Å²) in [6.45, 7) is 0.581. The second kappa shape index (κ2) is 5.83. The fourth-order valence-corrected chi connectivity index (χ4v) is 2.35. The third-order valence-electron chi connectivity index (χ3n) is 3.03. The quantitative estimate of drug-likeness (QED) is 0.723. The van der Waals surface area contributed by atoms with Crippen LogP contribution in [0.3, 0.4) is 0 Å². The van der Waals surface area contributed by atoms with E-state index in [2.05, 4.69) is 31.5 Å². The van der Waals surface area contributed by atoms with Crippen LogP contribution in [-0.2, 0) is 6.54 Å². The minimum atomic E-state index is 0.507. The standard InChI is InChI=1S/C14H11BrClN5/c15-11-4-1-9(2-5-11)8-21-14(18-19-20-21)10-3-6-12(16)13(17)7-10/h1-7H,8,17H2. The first-order chi connectivity index (χ1) is 10.1. The largest absolute Gasteiger partial charge is 0.398 e. The Hall–Kier alpha value is -1.92. The van der Waals surface area contributed by atoms with Gasteiger partial charge < -0.3 is 5.73 Å². The summed E-state index contributed by atoms with van der Waals surface area (Å²) in [5.41, 5.74) is 8.28. The molecule has 0 aliphatic rings. The lowest BCUT2D eigenvalue weighted by atomic mass is 10.2. The van der Waals surface area contributed by atoms with Crippen molar-refractivity contribution in [3.8, 4) is 11.4 Å². The molecule has 0 aliphatic carbocycles. The third-order valence-corrected chi connectivity index (χ3v) is 3.90. The molecule has 0 bridgehead atoms. The van der Waals surface area contributed by atoms with Crippen molar-refractivity contribution in [2.75, 3.05) is 5.73 Å². The number of benzene rings is 2. The Morgan fingerprint density at radius 2 is 1.90 bits per heavy atom. The van der Waals surface area contributed by atoms with Crippen LogP contribution in [0.5, 0.6) is 0 Å². The molecule has 0 fully saturated rings. The summed E-state index contributed by atoms with van der Waals surface area (Å²) in [6, 6.07) is 13.4. The Kier molecular flexibility index (Phi) is 3.90. The van der Waals surface area contributed by atoms with Crippen molar-refractivity contribution in [3.63, 3.8) is 0 Å². The molecule has 5 nitrogen and oxygen atoms in total. The van der Waals surface area contributed by atoms with Crippen LogP contribution in [0, 0.1) is 0 Å². The average Bonchev–Trinajstić information content (AvgIpc) is 2.92. The van der Waals surface area contributed by atoms with Crippen LogP contribution < -0.4 is 5.73 Å². The van der Waals surface area contributed by atoms with Crippen molar-refractivity contribution >= 4 is 33.2 Å². The van der Waals surface area contributed by atoms with Crippen LogP contribution in [0.1, 0.15) is 5.56 Å². The van der Waals surface area contributed by atoms with Crippen LogP contribution in [0.15, 0.2) is 46.9 Å². The van der Waals surface area contributed by atoms with Gasteiger partial charge in [0, 0.05) is 10.0 Å². The topological polar surface area (TPSA) is 69.6 Å². The van der Waals surface area contributed by atoms with Gasteiger partial charge in [-0.3, -0.25) is 0 Å². The van der Waals surface area contributed by atoms with E-state index in [4.69, 9.17) is 17.3 Å². The molecule has 1 aromatic heterocycles. The van der Waals surface area contributed by atoms with E-state index in [-0.39, 0.29) is 0 Å². The van der Waals surface area contributed by atoms with Gasteiger partial charge in [0.2, 0.25) is 0 Å². The van der Waals surface area contributed by atoms with Gasteiger partial charge in [-0.25, -0.2) is 4.68 Å². The van der Waals surface area contributed by atoms with Gasteiger partial charge in [0.25, 0.3) is 0 Å². The van der Waals surface area contributed by atoms with Crippen molar-refractivity contribution < 1.29 is 0 Å². The Morgan fingerprint density at radius 1 is 1.14 bits per heavy atom. The molecule has 7 heteroatoms. The molecule has 3 aromatic rings. The van der Waals surface area contributed by atoms with Crippen LogP contribution in [0.25, 0.3) is 11.4 Å². The summed E-state index contributed by atoms with van der Waals surface area (Å²) >= 11 is 9.35. The SMILES string of the molecule is Nc1cc(-c2nnnn2Cc2ccc(Br)cc2)ccc1Cl. The highest BCUT2D eigenvalue weighted by Gasteiger charge is 2.10. The molecule has 2 aromatic carbocycles. The average molecular weight is 365 g/mol. The molecule has 0 amide bonds. The first-order valence-corrected chi connectivity index (χ1v) is 7.36. The molecule has 0 saturated heterocycles. The number of rotatable bonds is 3. The number of tetrazole rings is 1. The fraction of sp³-hybridized carbons (Fsp3) is 0.0714. The van der Waals surface area contributed by atoms with E-state index in [0.29, 0.717) is 23.1 Å². The zero-order chi connectivity index (χ0) is 14.8. The van der Waals surface area contributed by atoms with Gasteiger partial charge in [-0.1, -0.05) is 39.7 Å². The van der Waals surface area contributed by atoms with Gasteiger partial charge >= 0.3 is 0 Å². The molecule has 0 saturated carbocycles. The van der Waals surface area contributed by atoms with Gasteiger partial charge in [-0.05, 0) is 46.3 Å². The lowest BCUT2D eigenvalue weighted by molar-refractivity contribution is 0.653. The summed E-state index contributed by atoms with van der Waals surface area (Å²) in [7, 11) is 0. The van der Waals surface area contributed by atoms with Crippen LogP contribution in [0.2, 0.25) is 5.02 Å². The second-order valence-electron chi connectivity index (χ2n) is 4.52. The number of halogens is 2. The van der Waals surface area contributed by atoms with Gasteiger partial charge in [-0.2, -0.15) is 0 Å². The molecule has 0 atom stereocenters. The molecule has 3 rings (SSSR count). The Bertz CT molecular complexity index is 769. The van der Waals surface area contributed by atoms with E-state index in [1.54, 1.807) is 16.8 Å². The van der Waals surface area contributed by atoms with Crippen molar-refractivity contribution in [1.82, 2.24) is 20.2 Å². The maximum absolute atomic E-state index is 5.94. The number of nitrogen functional groups attached to an aromatic ring is 1. The number of hydrogen-bond acceptors (Lipinski definition) is 4. The Labute approximate surface area is 134 Å². The minimum absolute atomic E-state index is 0.507. The number of aromatic nitrogens is 4. The molecule has 0 radical (unpaired) electrons. The molecular formula is C14H11BrClN5. The number of nitrogens with two attached hydrogens (primary N) is 1. The summed E-state index contributed by atoms with van der Waals surface area (Å²) in [5, 5.41) is 12.4. The van der Waals surface area contributed by atoms with Crippen LogP contribution in [-0.4, -0.2) is 20.2 Å². The molecule has 2 N–H and O–H groups in total. The van der Waals surface area contributed by atoms with Gasteiger partial charge in [0.15, 0.2) is 5.82 Å². The first-order valence-electron chi connectivity index (χ1n) is 6.19. The number of hydrogen-bond donors (Lipinski definition) is 1. The van der Waals surface area contributed by atoms with E-state index in [1.165, 1.54) is 0 Å². The Balaban J connectivity index is 1.93. The van der Waals surface area contributed by atoms with Crippen molar-refractivity contribution in [2.24, 2.45) is 0 Å². The van der Waals surface area contributed by atoms with Gasteiger partial charge in [-0.15, -0.1) is 5.10 Å². The van der Waals surface area contributed by atoms with Crippen molar-refractivity contribution in [2.45, 2.75) is 6.54 Å². The molecule has 1 heterocycles. The predicted octanol–water partition coefficient (Wildman–Crippen LogP) is 3.39. The second-order valence-corrected chi connectivity index (χ2v) is 5.85. The predicted molar refractivity (Wildman–Crippen MR) is 85.9 cm³/mol. The maximum Gasteiger partial charge on any atom is 0.182 e. The zero-order valence-electron chi connectivity index (χ0n) is 10.9. The highest BCUT2D eigenvalue weighted by molar-refractivity contribution is 9.10. The molecule has 0 unspecified atom stereocenters. The molecule has 21 heavy (non-hydrogen) atoms. The zero-order valence-corrected chi connectivity index (χ0v) is 13.2. The van der Waals surface area contributed by atoms with Crippen molar-refractivity contribution in [3.05, 3.63) is 57.5 Å². The molecule has 0 spiro atoms. The molecular weight excluding hydrogens is 354 g/mol. The highest BCUT2D eigenvalue weighted by atomic mass is 79.9. The summed E-state index contributed by atoms with van der Waals surface area (Å²) in [6.07, 6.45) is 0. The van der Waals surface area contributed by atoms with E-state index < -0.39 is 0 Å². The summed E-state index contributed by atoms with van der Waals surface area (Å²) in [5.74, 6) is 0.654. The van der Waals surface area contributed by atoms with E-state index >= 15 is 0 Å². The monoisotopic (exact) mass is 363 g/mol. The summed E-state index contributed by atoms with van der Waals surface area (Å²) < 4.78 is 2.76. The molecule has 106 valence electrons. The van der Waals surface area contributed by atoms with Gasteiger partial charge in [0.05, 0.1) is 17.3 Å². The van der Waals surface area contributed by atoms with Gasteiger partial charge in [0.1, 0.15) is 0 Å². The fourth-order valence-electron chi connectivity index (χ4n) is 1.96. The van der Waals surface area contributed by atoms with Crippen LogP contribution in [0.4, 0.5) is 5.69 Å². The van der Waals surface area contributed by atoms with E-state index in [1.807, 2.05) is 30.3 Å². The normalized spacial score (nSPS) is 10.8. The Morgan fingerprint density at radius 3 is 2.62 bits per heavy atom. The first kappa shape index (κ1) is 14.0. The minimum Gasteiger partial charge on any atom is -0.398 e. The lowest BCUT2D eigenvalue weighted by Crippen LogP contribution is -2.04. The molecule has 0 aliphatic heterocycles. The lowest BCUT2D eigenvalue weighted by Gasteiger charge is -2.06. The number of anilines is 1. The number of nitrogens with zero attached hydrogens (tertiary/aromatic N) is 4. The highest BCUT2D eigenvalue weighted by Crippen LogP contribution is 2.25. The van der Waals surface area contributed by atoms with E-state index in [0.717, 1.165) is 15.6 Å². The van der Waals surface area contributed by atoms with E-state index in [9.17, 15) is 0 Å². The van der Waals surface area contributed by atoms with Crippen LogP contribution >= 0.6 is 27.5 Å². The third kappa shape index (κ3) is 3.06. The summed E-state index contributed by atoms with van der Waals surface area (Å²) in [4.78, 5) is 0.